The van der Waals surface area contributed by atoms with Crippen LogP contribution in [0.1, 0.15) is 30.5 Å². The van der Waals surface area contributed by atoms with Gasteiger partial charge in [0.05, 0.1) is 10.7 Å². The maximum absolute atomic E-state index is 5.74. The molecule has 1 aliphatic rings. The van der Waals surface area contributed by atoms with Gasteiger partial charge in [-0.05, 0) is 38.3 Å². The van der Waals surface area contributed by atoms with Crippen LogP contribution in [0, 0.1) is 5.92 Å². The number of rotatable bonds is 4. The van der Waals surface area contributed by atoms with Crippen LogP contribution in [-0.2, 0) is 13.0 Å². The zero-order valence-corrected chi connectivity index (χ0v) is 10.8. The Morgan fingerprint density at radius 1 is 1.62 bits per heavy atom. The lowest BCUT2D eigenvalue weighted by atomic mass is 9.98. The van der Waals surface area contributed by atoms with Gasteiger partial charge in [-0.15, -0.1) is 11.3 Å². The van der Waals surface area contributed by atoms with E-state index in [2.05, 4.69) is 22.2 Å². The van der Waals surface area contributed by atoms with Crippen molar-refractivity contribution in [3.63, 3.8) is 0 Å². The maximum Gasteiger partial charge on any atom is 0.0926 e. The quantitative estimate of drug-likeness (QED) is 0.872. The van der Waals surface area contributed by atoms with Crippen molar-refractivity contribution in [1.82, 2.24) is 9.88 Å². The predicted molar refractivity (Wildman–Crippen MR) is 68.5 cm³/mol. The molecule has 1 aliphatic heterocycles. The first-order valence-electron chi connectivity index (χ1n) is 6.17. The molecule has 0 aromatic carbocycles. The second-order valence-corrected chi connectivity index (χ2v) is 5.51. The number of likely N-dealkylation sites (tertiary alicyclic amines) is 1. The Morgan fingerprint density at radius 3 is 3.19 bits per heavy atom. The highest BCUT2D eigenvalue weighted by molar-refractivity contribution is 7.09. The van der Waals surface area contributed by atoms with Crippen LogP contribution in [0.15, 0.2) is 5.38 Å². The highest BCUT2D eigenvalue weighted by atomic mass is 32.1. The van der Waals surface area contributed by atoms with Gasteiger partial charge >= 0.3 is 0 Å². The van der Waals surface area contributed by atoms with Crippen molar-refractivity contribution in [3.8, 4) is 0 Å². The first-order valence-corrected chi connectivity index (χ1v) is 7.05. The number of thiazole rings is 1. The summed E-state index contributed by atoms with van der Waals surface area (Å²) in [7, 11) is 0. The fraction of sp³-hybridized carbons (Fsp3) is 0.750. The van der Waals surface area contributed by atoms with E-state index in [-0.39, 0.29) is 0 Å². The van der Waals surface area contributed by atoms with E-state index in [4.69, 9.17) is 5.73 Å². The van der Waals surface area contributed by atoms with Crippen molar-refractivity contribution in [1.29, 1.82) is 0 Å². The third kappa shape index (κ3) is 3.03. The largest absolute Gasteiger partial charge is 0.330 e. The maximum atomic E-state index is 5.74. The first kappa shape index (κ1) is 12.0. The van der Waals surface area contributed by atoms with Crippen molar-refractivity contribution in [2.75, 3.05) is 19.6 Å². The van der Waals surface area contributed by atoms with E-state index >= 15 is 0 Å². The summed E-state index contributed by atoms with van der Waals surface area (Å²) in [6.45, 7) is 6.35. The van der Waals surface area contributed by atoms with Crippen molar-refractivity contribution >= 4 is 11.3 Å². The molecule has 90 valence electrons. The fourth-order valence-corrected chi connectivity index (χ4v) is 3.04. The molecule has 1 unspecified atom stereocenters. The van der Waals surface area contributed by atoms with Crippen LogP contribution in [0.2, 0.25) is 0 Å². The number of aromatic nitrogens is 1. The van der Waals surface area contributed by atoms with Crippen LogP contribution < -0.4 is 5.73 Å². The molecular formula is C12H21N3S. The molecule has 0 amide bonds. The number of nitrogens with zero attached hydrogens (tertiary/aromatic N) is 2. The molecule has 1 aromatic rings. The molecule has 2 rings (SSSR count). The highest BCUT2D eigenvalue weighted by Crippen LogP contribution is 2.18. The summed E-state index contributed by atoms with van der Waals surface area (Å²) in [5.41, 5.74) is 6.98. The molecule has 1 atom stereocenters. The van der Waals surface area contributed by atoms with Gasteiger partial charge in [0.2, 0.25) is 0 Å². The number of aryl methyl sites for hydroxylation is 1. The summed E-state index contributed by atoms with van der Waals surface area (Å²) < 4.78 is 0. The van der Waals surface area contributed by atoms with Gasteiger partial charge in [0.25, 0.3) is 0 Å². The number of nitrogens with two attached hydrogens (primary N) is 1. The Morgan fingerprint density at radius 2 is 2.50 bits per heavy atom. The summed E-state index contributed by atoms with van der Waals surface area (Å²) in [5, 5.41) is 3.45. The average Bonchev–Trinajstić information content (AvgIpc) is 2.77. The summed E-state index contributed by atoms with van der Waals surface area (Å²) >= 11 is 1.78. The van der Waals surface area contributed by atoms with Crippen LogP contribution in [0.25, 0.3) is 0 Å². The van der Waals surface area contributed by atoms with E-state index in [0.717, 1.165) is 26.1 Å². The smallest absolute Gasteiger partial charge is 0.0926 e. The predicted octanol–water partition coefficient (Wildman–Crippen LogP) is 1.88. The van der Waals surface area contributed by atoms with Gasteiger partial charge < -0.3 is 5.73 Å². The second-order valence-electron chi connectivity index (χ2n) is 4.57. The Hall–Kier alpha value is -0.450. The molecule has 16 heavy (non-hydrogen) atoms. The summed E-state index contributed by atoms with van der Waals surface area (Å²) in [4.78, 5) is 7.11. The topological polar surface area (TPSA) is 42.2 Å². The lowest BCUT2D eigenvalue weighted by molar-refractivity contribution is 0.169. The Bertz CT molecular complexity index is 324. The normalized spacial score (nSPS) is 22.5. The molecule has 0 saturated carbocycles. The van der Waals surface area contributed by atoms with Gasteiger partial charge in [-0.2, -0.15) is 0 Å². The molecule has 3 nitrogen and oxygen atoms in total. The van der Waals surface area contributed by atoms with E-state index in [1.54, 1.807) is 11.3 Å². The van der Waals surface area contributed by atoms with Crippen LogP contribution >= 0.6 is 11.3 Å². The molecule has 2 N–H and O–H groups in total. The van der Waals surface area contributed by atoms with Gasteiger partial charge in [0.1, 0.15) is 0 Å². The zero-order chi connectivity index (χ0) is 11.4. The van der Waals surface area contributed by atoms with Gasteiger partial charge in [-0.1, -0.05) is 6.92 Å². The summed E-state index contributed by atoms with van der Waals surface area (Å²) in [6, 6.07) is 0. The molecule has 2 heterocycles. The monoisotopic (exact) mass is 239 g/mol. The molecule has 0 aliphatic carbocycles. The molecule has 0 bridgehead atoms. The molecule has 4 heteroatoms. The summed E-state index contributed by atoms with van der Waals surface area (Å²) in [5.74, 6) is 0.693. The van der Waals surface area contributed by atoms with Crippen molar-refractivity contribution in [2.45, 2.75) is 32.7 Å². The molecule has 1 saturated heterocycles. The standard InChI is InChI=1S/C12H21N3S/c1-2-12-14-11(9-16-12)8-15-5-3-4-10(6-13)7-15/h9-10H,2-8,13H2,1H3. The van der Waals surface area contributed by atoms with E-state index in [9.17, 15) is 0 Å². The molecule has 1 fully saturated rings. The minimum absolute atomic E-state index is 0.693. The Kier molecular flexibility index (Phi) is 4.32. The van der Waals surface area contributed by atoms with E-state index in [0.29, 0.717) is 5.92 Å². The van der Waals surface area contributed by atoms with Crippen molar-refractivity contribution in [3.05, 3.63) is 16.1 Å². The van der Waals surface area contributed by atoms with Crippen LogP contribution in [0.3, 0.4) is 0 Å². The van der Waals surface area contributed by atoms with E-state index < -0.39 is 0 Å². The van der Waals surface area contributed by atoms with Gasteiger partial charge in [0.15, 0.2) is 0 Å². The van der Waals surface area contributed by atoms with Gasteiger partial charge in [-0.3, -0.25) is 4.90 Å². The fourth-order valence-electron chi connectivity index (χ4n) is 2.30. The third-order valence-corrected chi connectivity index (χ3v) is 4.27. The van der Waals surface area contributed by atoms with E-state index in [1.165, 1.54) is 30.1 Å². The second kappa shape index (κ2) is 5.75. The minimum atomic E-state index is 0.693. The van der Waals surface area contributed by atoms with Gasteiger partial charge in [-0.25, -0.2) is 4.98 Å². The molecular weight excluding hydrogens is 218 g/mol. The van der Waals surface area contributed by atoms with Crippen LogP contribution in [-0.4, -0.2) is 29.5 Å². The molecule has 0 radical (unpaired) electrons. The molecule has 0 spiro atoms. The van der Waals surface area contributed by atoms with Gasteiger partial charge in [0, 0.05) is 18.5 Å². The number of piperidine rings is 1. The highest BCUT2D eigenvalue weighted by Gasteiger charge is 2.19. The Balaban J connectivity index is 1.88. The van der Waals surface area contributed by atoms with Crippen LogP contribution in [0.5, 0.6) is 0 Å². The first-order chi connectivity index (χ1) is 7.81. The minimum Gasteiger partial charge on any atom is -0.330 e. The lowest BCUT2D eigenvalue weighted by Gasteiger charge is -2.31. The molecule has 1 aromatic heterocycles. The zero-order valence-electron chi connectivity index (χ0n) is 9.98. The third-order valence-electron chi connectivity index (χ3n) is 3.22. The SMILES string of the molecule is CCc1nc(CN2CCCC(CN)C2)cs1. The number of hydrogen-bond donors (Lipinski definition) is 1. The lowest BCUT2D eigenvalue weighted by Crippen LogP contribution is -2.37. The van der Waals surface area contributed by atoms with Crippen molar-refractivity contribution < 1.29 is 0 Å². The van der Waals surface area contributed by atoms with E-state index in [1.807, 2.05) is 0 Å². The van der Waals surface area contributed by atoms with Crippen LogP contribution in [0.4, 0.5) is 0 Å². The average molecular weight is 239 g/mol. The summed E-state index contributed by atoms with van der Waals surface area (Å²) in [6.07, 6.45) is 3.63. The van der Waals surface area contributed by atoms with Crippen molar-refractivity contribution in [2.24, 2.45) is 11.7 Å². The number of hydrogen-bond acceptors (Lipinski definition) is 4. The Labute approximate surface area is 102 Å².